The number of aryl methyl sites for hydroxylation is 2. The summed E-state index contributed by atoms with van der Waals surface area (Å²) in [5.41, 5.74) is 3.07. The zero-order valence-electron chi connectivity index (χ0n) is 11.1. The van der Waals surface area contributed by atoms with E-state index in [-0.39, 0.29) is 5.82 Å². The lowest BCUT2D eigenvalue weighted by atomic mass is 10.1. The molecule has 0 aliphatic carbocycles. The number of fused-ring (bicyclic) bond motifs is 1. The largest absolute Gasteiger partial charge is 0.228 e. The van der Waals surface area contributed by atoms with Crippen LogP contribution in [0.3, 0.4) is 0 Å². The number of rotatable bonds is 1. The molecule has 2 aromatic carbocycles. The minimum atomic E-state index is -0.290. The molecule has 0 radical (unpaired) electrons. The molecule has 0 spiro atoms. The van der Waals surface area contributed by atoms with Crippen molar-refractivity contribution in [2.45, 2.75) is 13.8 Å². The summed E-state index contributed by atoms with van der Waals surface area (Å²) >= 11 is 6.19. The fourth-order valence-electron chi connectivity index (χ4n) is 2.05. The van der Waals surface area contributed by atoms with Gasteiger partial charge in [-0.1, -0.05) is 41.4 Å². The summed E-state index contributed by atoms with van der Waals surface area (Å²) in [4.78, 5) is 8.71. The van der Waals surface area contributed by atoms with Crippen molar-refractivity contribution in [2.24, 2.45) is 0 Å². The van der Waals surface area contributed by atoms with Gasteiger partial charge in [-0.25, -0.2) is 14.4 Å². The van der Waals surface area contributed by atoms with Gasteiger partial charge < -0.3 is 0 Å². The highest BCUT2D eigenvalue weighted by molar-refractivity contribution is 6.34. The van der Waals surface area contributed by atoms with E-state index in [0.717, 1.165) is 11.1 Å². The Hall–Kier alpha value is -2.00. The summed E-state index contributed by atoms with van der Waals surface area (Å²) in [5.74, 6) is 0.216. The molecule has 1 heterocycles. The molecule has 100 valence electrons. The quantitative estimate of drug-likeness (QED) is 0.606. The highest BCUT2D eigenvalue weighted by Gasteiger charge is 2.10. The van der Waals surface area contributed by atoms with Gasteiger partial charge in [-0.15, -0.1) is 0 Å². The van der Waals surface area contributed by atoms with Gasteiger partial charge >= 0.3 is 0 Å². The summed E-state index contributed by atoms with van der Waals surface area (Å²) in [5, 5.41) is 1.01. The molecule has 1 aromatic heterocycles. The van der Waals surface area contributed by atoms with E-state index >= 15 is 0 Å². The van der Waals surface area contributed by atoms with Crippen LogP contribution in [0.4, 0.5) is 4.39 Å². The first-order chi connectivity index (χ1) is 9.54. The average molecular weight is 287 g/mol. The van der Waals surface area contributed by atoms with Crippen LogP contribution in [-0.4, -0.2) is 9.97 Å². The van der Waals surface area contributed by atoms with Gasteiger partial charge in [-0.05, 0) is 25.5 Å². The van der Waals surface area contributed by atoms with Crippen molar-refractivity contribution in [3.05, 3.63) is 58.5 Å². The third kappa shape index (κ3) is 2.25. The molecule has 0 atom stereocenters. The molecule has 0 amide bonds. The van der Waals surface area contributed by atoms with E-state index in [4.69, 9.17) is 11.6 Å². The smallest absolute Gasteiger partial charge is 0.161 e. The predicted molar refractivity (Wildman–Crippen MR) is 79.4 cm³/mol. The Morgan fingerprint density at radius 3 is 2.40 bits per heavy atom. The van der Waals surface area contributed by atoms with Gasteiger partial charge in [0.15, 0.2) is 5.82 Å². The Morgan fingerprint density at radius 2 is 1.70 bits per heavy atom. The number of hydrogen-bond donors (Lipinski definition) is 0. The van der Waals surface area contributed by atoms with Crippen LogP contribution in [0.2, 0.25) is 5.15 Å². The number of hydrogen-bond acceptors (Lipinski definition) is 2. The first kappa shape index (κ1) is 13.0. The van der Waals surface area contributed by atoms with Crippen molar-refractivity contribution in [2.75, 3.05) is 0 Å². The molecule has 0 unspecified atom stereocenters. The second-order valence-electron chi connectivity index (χ2n) is 4.82. The molecule has 3 aromatic rings. The third-order valence-corrected chi connectivity index (χ3v) is 3.53. The number of nitrogens with zero attached hydrogens (tertiary/aromatic N) is 2. The van der Waals surface area contributed by atoms with Crippen LogP contribution in [0.25, 0.3) is 22.3 Å². The normalized spacial score (nSPS) is 11.0. The Labute approximate surface area is 121 Å². The molecule has 0 N–H and O–H groups in total. The van der Waals surface area contributed by atoms with Crippen LogP contribution in [-0.2, 0) is 0 Å². The van der Waals surface area contributed by atoms with Gasteiger partial charge in [0, 0.05) is 17.0 Å². The van der Waals surface area contributed by atoms with Gasteiger partial charge in [0.05, 0.1) is 5.52 Å². The molecule has 0 fully saturated rings. The van der Waals surface area contributed by atoms with Gasteiger partial charge in [-0.2, -0.15) is 0 Å². The fraction of sp³-hybridized carbons (Fsp3) is 0.125. The van der Waals surface area contributed by atoms with E-state index in [2.05, 4.69) is 9.97 Å². The zero-order valence-corrected chi connectivity index (χ0v) is 11.9. The van der Waals surface area contributed by atoms with E-state index in [1.165, 1.54) is 6.07 Å². The van der Waals surface area contributed by atoms with E-state index in [0.29, 0.717) is 27.4 Å². The van der Waals surface area contributed by atoms with Gasteiger partial charge in [0.25, 0.3) is 0 Å². The van der Waals surface area contributed by atoms with Gasteiger partial charge in [0.1, 0.15) is 11.0 Å². The van der Waals surface area contributed by atoms with Crippen molar-refractivity contribution in [3.8, 4) is 11.4 Å². The first-order valence-corrected chi connectivity index (χ1v) is 6.63. The molecular weight excluding hydrogens is 275 g/mol. The fourth-order valence-corrected chi connectivity index (χ4v) is 2.28. The maximum atomic E-state index is 13.7. The van der Waals surface area contributed by atoms with Crippen molar-refractivity contribution < 1.29 is 4.39 Å². The Bertz CT molecular complexity index is 798. The minimum absolute atomic E-state index is 0.290. The van der Waals surface area contributed by atoms with E-state index in [1.54, 1.807) is 13.0 Å². The number of benzene rings is 2. The van der Waals surface area contributed by atoms with Crippen molar-refractivity contribution in [1.29, 1.82) is 0 Å². The first-order valence-electron chi connectivity index (χ1n) is 6.25. The summed E-state index contributed by atoms with van der Waals surface area (Å²) in [6, 6.07) is 10.9. The van der Waals surface area contributed by atoms with Crippen LogP contribution in [0, 0.1) is 19.7 Å². The molecule has 2 nitrogen and oxygen atoms in total. The molecule has 20 heavy (non-hydrogen) atoms. The summed E-state index contributed by atoms with van der Waals surface area (Å²) in [6.45, 7) is 3.70. The van der Waals surface area contributed by atoms with Crippen molar-refractivity contribution >= 4 is 22.5 Å². The monoisotopic (exact) mass is 286 g/mol. The second kappa shape index (κ2) is 4.84. The van der Waals surface area contributed by atoms with Crippen LogP contribution in [0.1, 0.15) is 11.1 Å². The van der Waals surface area contributed by atoms with Crippen LogP contribution in [0.5, 0.6) is 0 Å². The molecular formula is C16H12ClFN2. The summed E-state index contributed by atoms with van der Waals surface area (Å²) in [7, 11) is 0. The van der Waals surface area contributed by atoms with Gasteiger partial charge in [-0.3, -0.25) is 0 Å². The number of halogens is 2. The molecule has 0 aliphatic rings. The van der Waals surface area contributed by atoms with E-state index in [1.807, 2.05) is 31.2 Å². The minimum Gasteiger partial charge on any atom is -0.228 e. The second-order valence-corrected chi connectivity index (χ2v) is 5.18. The van der Waals surface area contributed by atoms with Crippen molar-refractivity contribution in [3.63, 3.8) is 0 Å². The highest BCUT2D eigenvalue weighted by atomic mass is 35.5. The Kier molecular flexibility index (Phi) is 3.14. The molecule has 4 heteroatoms. The maximum Gasteiger partial charge on any atom is 0.161 e. The highest BCUT2D eigenvalue weighted by Crippen LogP contribution is 2.26. The van der Waals surface area contributed by atoms with Crippen LogP contribution < -0.4 is 0 Å². The maximum absolute atomic E-state index is 13.7. The molecule has 3 rings (SSSR count). The predicted octanol–water partition coefficient (Wildman–Crippen LogP) is 4.71. The third-order valence-electron chi connectivity index (χ3n) is 3.24. The molecule has 0 saturated heterocycles. The average Bonchev–Trinajstić information content (AvgIpc) is 2.42. The molecule has 0 saturated carbocycles. The zero-order chi connectivity index (χ0) is 14.3. The molecule has 0 aliphatic heterocycles. The van der Waals surface area contributed by atoms with Crippen LogP contribution in [0.15, 0.2) is 36.4 Å². The molecule has 0 bridgehead atoms. The topological polar surface area (TPSA) is 25.8 Å². The van der Waals surface area contributed by atoms with E-state index < -0.39 is 0 Å². The standard InChI is InChI=1S/C16H12ClFN2/c1-9-3-5-11(6-4-9)16-19-14-8-13(18)10(2)7-12(14)15(17)20-16/h3-8H,1-2H3. The SMILES string of the molecule is Cc1ccc(-c2nc(Cl)c3cc(C)c(F)cc3n2)cc1. The summed E-state index contributed by atoms with van der Waals surface area (Å²) in [6.07, 6.45) is 0. The number of aromatic nitrogens is 2. The van der Waals surface area contributed by atoms with Crippen LogP contribution >= 0.6 is 11.6 Å². The summed E-state index contributed by atoms with van der Waals surface area (Å²) < 4.78 is 13.7. The van der Waals surface area contributed by atoms with Crippen molar-refractivity contribution in [1.82, 2.24) is 9.97 Å². The Morgan fingerprint density at radius 1 is 1.00 bits per heavy atom. The lowest BCUT2D eigenvalue weighted by molar-refractivity contribution is 0.620. The van der Waals surface area contributed by atoms with Gasteiger partial charge in [0.2, 0.25) is 0 Å². The Balaban J connectivity index is 2.23. The lowest BCUT2D eigenvalue weighted by Crippen LogP contribution is -1.94. The van der Waals surface area contributed by atoms with E-state index in [9.17, 15) is 4.39 Å². The lowest BCUT2D eigenvalue weighted by Gasteiger charge is -2.06.